The lowest BCUT2D eigenvalue weighted by Crippen LogP contribution is -2.44. The van der Waals surface area contributed by atoms with Gasteiger partial charge in [-0.1, -0.05) is 11.6 Å². The second-order valence-corrected chi connectivity index (χ2v) is 6.43. The van der Waals surface area contributed by atoms with E-state index in [9.17, 15) is 9.59 Å². The molecule has 2 fully saturated rings. The number of nitrogens with zero attached hydrogens (tertiary/aromatic N) is 1. The fourth-order valence-corrected chi connectivity index (χ4v) is 3.64. The maximum atomic E-state index is 12.3. The van der Waals surface area contributed by atoms with Crippen molar-refractivity contribution >= 4 is 23.4 Å². The third-order valence-corrected chi connectivity index (χ3v) is 4.89. The fourth-order valence-electron chi connectivity index (χ4n) is 3.47. The Labute approximate surface area is 133 Å². The second kappa shape index (κ2) is 6.30. The van der Waals surface area contributed by atoms with E-state index in [2.05, 4.69) is 4.98 Å². The number of nitrogens with one attached hydrogen (secondary N) is 1. The Morgan fingerprint density at radius 3 is 2.64 bits per heavy atom. The molecule has 2 aliphatic rings. The topological polar surface area (TPSA) is 88.4 Å². The van der Waals surface area contributed by atoms with Crippen LogP contribution in [-0.2, 0) is 9.53 Å². The summed E-state index contributed by atoms with van der Waals surface area (Å²) in [5.41, 5.74) is 5.96. The zero-order valence-corrected chi connectivity index (χ0v) is 13.0. The molecule has 1 aromatic heterocycles. The summed E-state index contributed by atoms with van der Waals surface area (Å²) >= 11 is 5.84. The normalized spacial score (nSPS) is 26.3. The first-order valence-corrected chi connectivity index (χ1v) is 7.98. The number of halogens is 1. The van der Waals surface area contributed by atoms with Gasteiger partial charge in [-0.05, 0) is 31.2 Å². The largest absolute Gasteiger partial charge is 0.377 e. The minimum Gasteiger partial charge on any atom is -0.377 e. The van der Waals surface area contributed by atoms with Crippen LogP contribution in [0.3, 0.4) is 0 Å². The van der Waals surface area contributed by atoms with Gasteiger partial charge >= 0.3 is 0 Å². The van der Waals surface area contributed by atoms with Crippen molar-refractivity contribution in [2.45, 2.75) is 25.4 Å². The summed E-state index contributed by atoms with van der Waals surface area (Å²) in [6.45, 7) is 1.91. The van der Waals surface area contributed by atoms with Crippen molar-refractivity contribution in [3.63, 3.8) is 0 Å². The van der Waals surface area contributed by atoms with E-state index in [0.29, 0.717) is 36.8 Å². The van der Waals surface area contributed by atoms with Crippen LogP contribution in [0, 0.1) is 11.8 Å². The highest BCUT2D eigenvalue weighted by atomic mass is 35.5. The van der Waals surface area contributed by atoms with E-state index in [4.69, 9.17) is 22.1 Å². The number of primary amides is 1. The van der Waals surface area contributed by atoms with Gasteiger partial charge < -0.3 is 20.4 Å². The Morgan fingerprint density at radius 1 is 1.32 bits per heavy atom. The van der Waals surface area contributed by atoms with Gasteiger partial charge in [0.2, 0.25) is 5.91 Å². The van der Waals surface area contributed by atoms with E-state index in [1.807, 2.05) is 4.90 Å². The molecular weight excluding hydrogens is 306 g/mol. The van der Waals surface area contributed by atoms with Crippen molar-refractivity contribution < 1.29 is 14.3 Å². The first kappa shape index (κ1) is 15.4. The van der Waals surface area contributed by atoms with Crippen LogP contribution in [0.15, 0.2) is 12.3 Å². The van der Waals surface area contributed by atoms with Crippen molar-refractivity contribution in [1.29, 1.82) is 0 Å². The third-order valence-electron chi connectivity index (χ3n) is 4.67. The number of piperidine rings is 1. The number of amides is 2. The number of hydrogen-bond acceptors (Lipinski definition) is 3. The molecule has 3 heterocycles. The summed E-state index contributed by atoms with van der Waals surface area (Å²) < 4.78 is 5.72. The second-order valence-electron chi connectivity index (χ2n) is 5.99. The highest BCUT2D eigenvalue weighted by Gasteiger charge is 2.39. The Morgan fingerprint density at radius 2 is 2.05 bits per heavy atom. The molecule has 0 spiro atoms. The van der Waals surface area contributed by atoms with Gasteiger partial charge in [-0.15, -0.1) is 0 Å². The molecule has 0 aromatic carbocycles. The maximum Gasteiger partial charge on any atom is 0.270 e. The van der Waals surface area contributed by atoms with Crippen molar-refractivity contribution in [2.75, 3.05) is 19.7 Å². The smallest absolute Gasteiger partial charge is 0.270 e. The number of rotatable bonds is 3. The molecule has 2 amide bonds. The van der Waals surface area contributed by atoms with Crippen LogP contribution in [0.4, 0.5) is 0 Å². The van der Waals surface area contributed by atoms with Gasteiger partial charge in [0.1, 0.15) is 5.69 Å². The van der Waals surface area contributed by atoms with Gasteiger partial charge in [0.25, 0.3) is 5.91 Å². The predicted molar refractivity (Wildman–Crippen MR) is 81.5 cm³/mol. The number of carbonyl (C=O) groups excluding carboxylic acids is 2. The first-order chi connectivity index (χ1) is 10.6. The van der Waals surface area contributed by atoms with Gasteiger partial charge in [-0.25, -0.2) is 0 Å². The lowest BCUT2D eigenvalue weighted by Gasteiger charge is -2.35. The van der Waals surface area contributed by atoms with E-state index in [-0.39, 0.29) is 29.8 Å². The van der Waals surface area contributed by atoms with Gasteiger partial charge in [0.15, 0.2) is 0 Å². The minimum absolute atomic E-state index is 0.0378. The van der Waals surface area contributed by atoms with Gasteiger partial charge in [0, 0.05) is 25.9 Å². The van der Waals surface area contributed by atoms with Crippen LogP contribution in [0.2, 0.25) is 5.02 Å². The average Bonchev–Trinajstić information content (AvgIpc) is 3.15. The minimum atomic E-state index is -0.276. The molecule has 120 valence electrons. The molecule has 22 heavy (non-hydrogen) atoms. The highest BCUT2D eigenvalue weighted by Crippen LogP contribution is 2.33. The lowest BCUT2D eigenvalue weighted by atomic mass is 9.84. The zero-order chi connectivity index (χ0) is 15.7. The number of aromatic nitrogens is 1. The molecule has 0 aliphatic carbocycles. The number of nitrogens with two attached hydrogens (primary N) is 1. The summed E-state index contributed by atoms with van der Waals surface area (Å²) in [4.78, 5) is 28.5. The molecular formula is C15H20ClN3O3. The average molecular weight is 326 g/mol. The van der Waals surface area contributed by atoms with Crippen molar-refractivity contribution in [3.8, 4) is 0 Å². The van der Waals surface area contributed by atoms with Crippen LogP contribution >= 0.6 is 11.6 Å². The lowest BCUT2D eigenvalue weighted by molar-refractivity contribution is -0.124. The third kappa shape index (κ3) is 2.98. The number of hydrogen-bond donors (Lipinski definition) is 2. The van der Waals surface area contributed by atoms with E-state index in [0.717, 1.165) is 12.8 Å². The van der Waals surface area contributed by atoms with Crippen LogP contribution in [0.1, 0.15) is 29.8 Å². The van der Waals surface area contributed by atoms with Crippen LogP contribution in [-0.4, -0.2) is 47.5 Å². The molecule has 2 aliphatic heterocycles. The molecule has 0 saturated carbocycles. The predicted octanol–water partition coefficient (Wildman–Crippen LogP) is 1.41. The molecule has 0 radical (unpaired) electrons. The molecule has 0 bridgehead atoms. The standard InChI is InChI=1S/C15H20ClN3O3/c16-10-7-12(18-8-10)15(21)19-4-1-9(2-5-19)13-11(14(17)20)3-6-22-13/h7-9,11,13,18H,1-6H2,(H2,17,20)/t11-,13+/m0/s1. The first-order valence-electron chi connectivity index (χ1n) is 7.60. The molecule has 3 N–H and O–H groups in total. The van der Waals surface area contributed by atoms with Crippen LogP contribution in [0.5, 0.6) is 0 Å². The van der Waals surface area contributed by atoms with E-state index in [1.165, 1.54) is 0 Å². The van der Waals surface area contributed by atoms with Crippen molar-refractivity contribution in [2.24, 2.45) is 17.6 Å². The SMILES string of the molecule is NC(=O)[C@H]1CCO[C@@H]1C1CCN(C(=O)c2cc(Cl)c[nH]2)CC1. The zero-order valence-electron chi connectivity index (χ0n) is 12.3. The molecule has 2 atom stereocenters. The number of aromatic amines is 1. The van der Waals surface area contributed by atoms with E-state index < -0.39 is 0 Å². The van der Waals surface area contributed by atoms with E-state index >= 15 is 0 Å². The summed E-state index contributed by atoms with van der Waals surface area (Å²) in [7, 11) is 0. The van der Waals surface area contributed by atoms with E-state index in [1.54, 1.807) is 12.3 Å². The quantitative estimate of drug-likeness (QED) is 0.880. The number of H-pyrrole nitrogens is 1. The summed E-state index contributed by atoms with van der Waals surface area (Å²) in [5.74, 6) is -0.211. The monoisotopic (exact) mass is 325 g/mol. The number of ether oxygens (including phenoxy) is 1. The van der Waals surface area contributed by atoms with Gasteiger partial charge in [0.05, 0.1) is 17.0 Å². The fraction of sp³-hybridized carbons (Fsp3) is 0.600. The van der Waals surface area contributed by atoms with Crippen molar-refractivity contribution in [1.82, 2.24) is 9.88 Å². The molecule has 0 unspecified atom stereocenters. The summed E-state index contributed by atoms with van der Waals surface area (Å²) in [6.07, 6.45) is 3.88. The molecule has 3 rings (SSSR count). The Balaban J connectivity index is 1.58. The summed E-state index contributed by atoms with van der Waals surface area (Å²) in [6, 6.07) is 1.64. The molecule has 2 saturated heterocycles. The molecule has 6 nitrogen and oxygen atoms in total. The Bertz CT molecular complexity index is 566. The molecule has 7 heteroatoms. The Hall–Kier alpha value is -1.53. The van der Waals surface area contributed by atoms with Crippen LogP contribution < -0.4 is 5.73 Å². The van der Waals surface area contributed by atoms with Crippen molar-refractivity contribution in [3.05, 3.63) is 23.0 Å². The van der Waals surface area contributed by atoms with Gasteiger partial charge in [-0.3, -0.25) is 9.59 Å². The van der Waals surface area contributed by atoms with Crippen LogP contribution in [0.25, 0.3) is 0 Å². The Kier molecular flexibility index (Phi) is 4.40. The number of likely N-dealkylation sites (tertiary alicyclic amines) is 1. The number of carbonyl (C=O) groups is 2. The summed E-state index contributed by atoms with van der Waals surface area (Å²) in [5, 5.41) is 0.530. The highest BCUT2D eigenvalue weighted by molar-refractivity contribution is 6.30. The van der Waals surface area contributed by atoms with Gasteiger partial charge in [-0.2, -0.15) is 0 Å². The maximum absolute atomic E-state index is 12.3. The molecule has 1 aromatic rings.